The van der Waals surface area contributed by atoms with Crippen molar-refractivity contribution < 1.29 is 18.7 Å². The Morgan fingerprint density at radius 3 is 2.67 bits per heavy atom. The predicted molar refractivity (Wildman–Crippen MR) is 92.2 cm³/mol. The van der Waals surface area contributed by atoms with Gasteiger partial charge in [0.15, 0.2) is 0 Å². The maximum absolute atomic E-state index is 12.4. The molecular formula is C18H22ClNO4. The van der Waals surface area contributed by atoms with Crippen LogP contribution in [0, 0.1) is 0 Å². The van der Waals surface area contributed by atoms with Crippen molar-refractivity contribution in [3.05, 3.63) is 53.4 Å². The van der Waals surface area contributed by atoms with E-state index in [-0.39, 0.29) is 5.91 Å². The van der Waals surface area contributed by atoms with Crippen molar-refractivity contribution in [2.24, 2.45) is 0 Å². The molecule has 0 saturated carbocycles. The van der Waals surface area contributed by atoms with Gasteiger partial charge in [0.2, 0.25) is 5.91 Å². The summed E-state index contributed by atoms with van der Waals surface area (Å²) in [5.41, 5.74) is 0. The lowest BCUT2D eigenvalue weighted by molar-refractivity contribution is -0.133. The molecule has 0 unspecified atom stereocenters. The first kappa shape index (κ1) is 18.4. The molecule has 0 bridgehead atoms. The molecule has 5 nitrogen and oxygen atoms in total. The van der Waals surface area contributed by atoms with Crippen LogP contribution in [0.1, 0.15) is 18.6 Å². The van der Waals surface area contributed by atoms with Gasteiger partial charge < -0.3 is 18.8 Å². The van der Waals surface area contributed by atoms with Crippen molar-refractivity contribution in [3.8, 4) is 5.75 Å². The minimum Gasteiger partial charge on any atom is -0.494 e. The molecule has 0 radical (unpaired) electrons. The minimum absolute atomic E-state index is 0.0585. The highest BCUT2D eigenvalue weighted by atomic mass is 35.5. The number of carbonyl (C=O) groups excluding carboxylic acids is 1. The number of carbonyl (C=O) groups is 1. The number of rotatable bonds is 10. The number of methoxy groups -OCH3 is 1. The van der Waals surface area contributed by atoms with Gasteiger partial charge in [-0.15, -0.1) is 0 Å². The molecule has 0 saturated heterocycles. The molecule has 24 heavy (non-hydrogen) atoms. The smallest absolute Gasteiger partial charge is 0.223 e. The Hall–Kier alpha value is -1.98. The Kier molecular flexibility index (Phi) is 7.65. The first-order valence-corrected chi connectivity index (χ1v) is 8.24. The standard InChI is InChI=1S/C18H22ClNO4/c1-22-13-10-20(14-17-4-2-11-24-17)18(21)5-3-12-23-16-8-6-15(19)7-9-16/h2,4,6-9,11H,3,5,10,12-14H2,1H3. The van der Waals surface area contributed by atoms with Crippen LogP contribution >= 0.6 is 11.6 Å². The minimum atomic E-state index is 0.0585. The summed E-state index contributed by atoms with van der Waals surface area (Å²) in [5.74, 6) is 1.57. The fourth-order valence-corrected chi connectivity index (χ4v) is 2.31. The molecule has 6 heteroatoms. The molecule has 0 atom stereocenters. The summed E-state index contributed by atoms with van der Waals surface area (Å²) in [7, 11) is 1.62. The zero-order chi connectivity index (χ0) is 17.2. The monoisotopic (exact) mass is 351 g/mol. The molecule has 2 rings (SSSR count). The van der Waals surface area contributed by atoms with E-state index in [4.69, 9.17) is 25.5 Å². The predicted octanol–water partition coefficient (Wildman–Crippen LogP) is 3.77. The van der Waals surface area contributed by atoms with Crippen molar-refractivity contribution in [1.82, 2.24) is 4.90 Å². The van der Waals surface area contributed by atoms with Gasteiger partial charge in [-0.3, -0.25) is 4.79 Å². The van der Waals surface area contributed by atoms with Gasteiger partial charge in [0, 0.05) is 25.1 Å². The van der Waals surface area contributed by atoms with E-state index >= 15 is 0 Å². The van der Waals surface area contributed by atoms with Gasteiger partial charge in [0.05, 0.1) is 26.0 Å². The summed E-state index contributed by atoms with van der Waals surface area (Å²) in [6.45, 7) is 1.96. The number of nitrogens with zero attached hydrogens (tertiary/aromatic N) is 1. The lowest BCUT2D eigenvalue weighted by Gasteiger charge is -2.21. The third-order valence-electron chi connectivity index (χ3n) is 3.46. The first-order chi connectivity index (χ1) is 11.7. The summed E-state index contributed by atoms with van der Waals surface area (Å²) in [6, 6.07) is 10.8. The molecule has 0 aliphatic carbocycles. The summed E-state index contributed by atoms with van der Waals surface area (Å²) in [5, 5.41) is 0.671. The number of ether oxygens (including phenoxy) is 2. The molecule has 1 heterocycles. The molecule has 0 spiro atoms. The van der Waals surface area contributed by atoms with Crippen LogP contribution < -0.4 is 4.74 Å². The molecule has 0 aliphatic rings. The van der Waals surface area contributed by atoms with Crippen LogP contribution in [0.25, 0.3) is 0 Å². The van der Waals surface area contributed by atoms with Crippen LogP contribution in [-0.4, -0.2) is 37.7 Å². The van der Waals surface area contributed by atoms with Crippen LogP contribution in [0.15, 0.2) is 47.1 Å². The first-order valence-electron chi connectivity index (χ1n) is 7.86. The van der Waals surface area contributed by atoms with Gasteiger partial charge in [0.25, 0.3) is 0 Å². The average Bonchev–Trinajstić information content (AvgIpc) is 3.10. The summed E-state index contributed by atoms with van der Waals surface area (Å²) >= 11 is 5.83. The van der Waals surface area contributed by atoms with Crippen LogP contribution in [0.2, 0.25) is 5.02 Å². The number of furan rings is 1. The Labute approximate surface area is 147 Å². The van der Waals surface area contributed by atoms with E-state index in [2.05, 4.69) is 0 Å². The molecule has 2 aromatic rings. The third-order valence-corrected chi connectivity index (χ3v) is 3.71. The van der Waals surface area contributed by atoms with Crippen LogP contribution in [-0.2, 0) is 16.1 Å². The molecular weight excluding hydrogens is 330 g/mol. The molecule has 0 fully saturated rings. The maximum Gasteiger partial charge on any atom is 0.223 e. The van der Waals surface area contributed by atoms with Crippen molar-refractivity contribution in [3.63, 3.8) is 0 Å². The Morgan fingerprint density at radius 1 is 1.21 bits per heavy atom. The fraction of sp³-hybridized carbons (Fsp3) is 0.389. The van der Waals surface area contributed by atoms with Gasteiger partial charge in [-0.05, 0) is 42.8 Å². The zero-order valence-corrected chi connectivity index (χ0v) is 14.5. The number of benzene rings is 1. The highest BCUT2D eigenvalue weighted by Crippen LogP contribution is 2.16. The van der Waals surface area contributed by atoms with Crippen LogP contribution in [0.5, 0.6) is 5.75 Å². The van der Waals surface area contributed by atoms with Gasteiger partial charge >= 0.3 is 0 Å². The fourth-order valence-electron chi connectivity index (χ4n) is 2.19. The second-order valence-electron chi connectivity index (χ2n) is 5.29. The molecule has 1 amide bonds. The Bertz CT molecular complexity index is 598. The zero-order valence-electron chi connectivity index (χ0n) is 13.7. The van der Waals surface area contributed by atoms with E-state index in [9.17, 15) is 4.79 Å². The second-order valence-corrected chi connectivity index (χ2v) is 5.73. The molecule has 130 valence electrons. The van der Waals surface area contributed by atoms with E-state index in [0.29, 0.717) is 44.2 Å². The van der Waals surface area contributed by atoms with E-state index < -0.39 is 0 Å². The second kappa shape index (κ2) is 10.0. The number of hydrogen-bond acceptors (Lipinski definition) is 4. The lowest BCUT2D eigenvalue weighted by Crippen LogP contribution is -2.33. The highest BCUT2D eigenvalue weighted by molar-refractivity contribution is 6.30. The highest BCUT2D eigenvalue weighted by Gasteiger charge is 2.14. The van der Waals surface area contributed by atoms with Gasteiger partial charge in [0.1, 0.15) is 11.5 Å². The molecule has 0 N–H and O–H groups in total. The summed E-state index contributed by atoms with van der Waals surface area (Å²) in [6.07, 6.45) is 2.66. The maximum atomic E-state index is 12.4. The van der Waals surface area contributed by atoms with Crippen molar-refractivity contribution in [2.45, 2.75) is 19.4 Å². The van der Waals surface area contributed by atoms with Crippen LogP contribution in [0.3, 0.4) is 0 Å². The van der Waals surface area contributed by atoms with E-state index in [1.54, 1.807) is 30.4 Å². The largest absolute Gasteiger partial charge is 0.494 e. The molecule has 1 aromatic carbocycles. The number of halogens is 1. The molecule has 1 aromatic heterocycles. The Balaban J connectivity index is 1.75. The van der Waals surface area contributed by atoms with Crippen LogP contribution in [0.4, 0.5) is 0 Å². The summed E-state index contributed by atoms with van der Waals surface area (Å²) in [4.78, 5) is 14.1. The quantitative estimate of drug-likeness (QED) is 0.611. The SMILES string of the molecule is COCCN(Cc1ccco1)C(=O)CCCOc1ccc(Cl)cc1. The topological polar surface area (TPSA) is 51.9 Å². The van der Waals surface area contributed by atoms with Gasteiger partial charge in [-0.2, -0.15) is 0 Å². The van der Waals surface area contributed by atoms with Crippen molar-refractivity contribution >= 4 is 17.5 Å². The number of hydrogen-bond donors (Lipinski definition) is 0. The van der Waals surface area contributed by atoms with E-state index in [1.165, 1.54) is 0 Å². The van der Waals surface area contributed by atoms with Gasteiger partial charge in [-0.1, -0.05) is 11.6 Å². The normalized spacial score (nSPS) is 10.6. The van der Waals surface area contributed by atoms with E-state index in [1.807, 2.05) is 24.3 Å². The third kappa shape index (κ3) is 6.26. The lowest BCUT2D eigenvalue weighted by atomic mass is 10.2. The van der Waals surface area contributed by atoms with Crippen molar-refractivity contribution in [2.75, 3.05) is 26.9 Å². The van der Waals surface area contributed by atoms with Gasteiger partial charge in [-0.25, -0.2) is 0 Å². The van der Waals surface area contributed by atoms with E-state index in [0.717, 1.165) is 11.5 Å². The average molecular weight is 352 g/mol. The van der Waals surface area contributed by atoms with Crippen molar-refractivity contribution in [1.29, 1.82) is 0 Å². The molecule has 0 aliphatic heterocycles. The Morgan fingerprint density at radius 2 is 2.00 bits per heavy atom. The number of amides is 1. The summed E-state index contributed by atoms with van der Waals surface area (Å²) < 4.78 is 16.0.